The summed E-state index contributed by atoms with van der Waals surface area (Å²) < 4.78 is 60.1. The quantitative estimate of drug-likeness (QED) is 0.469. The minimum Gasteiger partial charge on any atom is -0.496 e. The van der Waals surface area contributed by atoms with E-state index in [0.29, 0.717) is 31.6 Å². The molecular formula is C17H24F4N2O2. The van der Waals surface area contributed by atoms with Crippen LogP contribution in [-0.4, -0.2) is 48.9 Å². The summed E-state index contributed by atoms with van der Waals surface area (Å²) in [4.78, 5) is 5.97. The summed E-state index contributed by atoms with van der Waals surface area (Å²) in [5.74, 6) is -0.289. The highest BCUT2D eigenvalue weighted by molar-refractivity contribution is 5.65. The Labute approximate surface area is 145 Å². The van der Waals surface area contributed by atoms with Crippen molar-refractivity contribution in [3.05, 3.63) is 23.3 Å². The van der Waals surface area contributed by atoms with Crippen LogP contribution >= 0.6 is 0 Å². The van der Waals surface area contributed by atoms with Crippen molar-refractivity contribution in [3.63, 3.8) is 0 Å². The highest BCUT2D eigenvalue weighted by Crippen LogP contribution is 2.51. The molecule has 1 aromatic carbocycles. The van der Waals surface area contributed by atoms with E-state index in [1.54, 1.807) is 11.9 Å². The summed E-state index contributed by atoms with van der Waals surface area (Å²) in [6, 6.07) is 2.32. The number of hydrogen-bond acceptors (Lipinski definition) is 3. The third kappa shape index (κ3) is 4.05. The first-order valence-corrected chi connectivity index (χ1v) is 7.71. The SMILES string of the molecule is CCN(C)/C=N/c1cc(OC)c(C(O)(C(C)(C)F)C(F)(F)F)cc1C. The highest BCUT2D eigenvalue weighted by atomic mass is 19.4. The van der Waals surface area contributed by atoms with E-state index in [-0.39, 0.29) is 5.75 Å². The van der Waals surface area contributed by atoms with E-state index in [1.807, 2.05) is 6.92 Å². The first-order chi connectivity index (χ1) is 11.3. The number of aryl methyl sites for hydroxylation is 1. The fraction of sp³-hybridized carbons (Fsp3) is 0.588. The van der Waals surface area contributed by atoms with Gasteiger partial charge in [-0.3, -0.25) is 0 Å². The number of ether oxygens (including phenoxy) is 1. The van der Waals surface area contributed by atoms with Crippen LogP contribution in [0.4, 0.5) is 23.2 Å². The summed E-state index contributed by atoms with van der Waals surface area (Å²) in [6.45, 7) is 5.50. The Hall–Kier alpha value is -1.83. The molecule has 0 amide bonds. The number of hydrogen-bond donors (Lipinski definition) is 1. The molecule has 142 valence electrons. The predicted octanol–water partition coefficient (Wildman–Crippen LogP) is 4.11. The van der Waals surface area contributed by atoms with Gasteiger partial charge in [0.1, 0.15) is 11.4 Å². The summed E-state index contributed by atoms with van der Waals surface area (Å²) in [7, 11) is 2.94. The highest BCUT2D eigenvalue weighted by Gasteiger charge is 2.65. The van der Waals surface area contributed by atoms with Gasteiger partial charge in [-0.2, -0.15) is 13.2 Å². The lowest BCUT2D eigenvalue weighted by molar-refractivity contribution is -0.306. The molecule has 1 N–H and O–H groups in total. The molecule has 0 saturated carbocycles. The monoisotopic (exact) mass is 364 g/mol. The third-order valence-electron chi connectivity index (χ3n) is 4.07. The number of halogens is 4. The van der Waals surface area contributed by atoms with E-state index in [9.17, 15) is 22.7 Å². The Morgan fingerprint density at radius 1 is 1.24 bits per heavy atom. The molecule has 0 radical (unpaired) electrons. The minimum atomic E-state index is -5.24. The van der Waals surface area contributed by atoms with E-state index < -0.39 is 23.0 Å². The van der Waals surface area contributed by atoms with Crippen molar-refractivity contribution in [2.75, 3.05) is 20.7 Å². The first kappa shape index (κ1) is 21.2. The van der Waals surface area contributed by atoms with Crippen LogP contribution in [0.5, 0.6) is 5.75 Å². The summed E-state index contributed by atoms with van der Waals surface area (Å²) in [5.41, 5.74) is -6.68. The van der Waals surface area contributed by atoms with Crippen molar-refractivity contribution >= 4 is 12.0 Å². The molecule has 1 atom stereocenters. The van der Waals surface area contributed by atoms with Gasteiger partial charge in [-0.25, -0.2) is 9.38 Å². The number of nitrogens with zero attached hydrogens (tertiary/aromatic N) is 2. The summed E-state index contributed by atoms with van der Waals surface area (Å²) in [5, 5.41) is 10.3. The molecule has 0 aromatic heterocycles. The van der Waals surface area contributed by atoms with Gasteiger partial charge in [-0.1, -0.05) is 0 Å². The second kappa shape index (κ2) is 7.19. The van der Waals surface area contributed by atoms with Gasteiger partial charge in [-0.05, 0) is 39.3 Å². The van der Waals surface area contributed by atoms with Gasteiger partial charge in [0.05, 0.1) is 19.1 Å². The summed E-state index contributed by atoms with van der Waals surface area (Å²) >= 11 is 0. The van der Waals surface area contributed by atoms with Crippen LogP contribution in [0.2, 0.25) is 0 Å². The smallest absolute Gasteiger partial charge is 0.424 e. The van der Waals surface area contributed by atoms with Gasteiger partial charge >= 0.3 is 6.18 Å². The lowest BCUT2D eigenvalue weighted by Crippen LogP contribution is -2.55. The van der Waals surface area contributed by atoms with E-state index in [2.05, 4.69) is 4.99 Å². The zero-order valence-corrected chi connectivity index (χ0v) is 15.2. The summed E-state index contributed by atoms with van der Waals surface area (Å²) in [6.07, 6.45) is -3.71. The zero-order chi connectivity index (χ0) is 19.6. The fourth-order valence-corrected chi connectivity index (χ4v) is 2.32. The van der Waals surface area contributed by atoms with Crippen molar-refractivity contribution < 1.29 is 27.4 Å². The predicted molar refractivity (Wildman–Crippen MR) is 89.3 cm³/mol. The van der Waals surface area contributed by atoms with Crippen LogP contribution in [0.15, 0.2) is 17.1 Å². The van der Waals surface area contributed by atoms with E-state index in [1.165, 1.54) is 19.3 Å². The molecule has 0 spiro atoms. The van der Waals surface area contributed by atoms with Crippen molar-refractivity contribution in [2.45, 2.75) is 45.1 Å². The molecule has 4 nitrogen and oxygen atoms in total. The van der Waals surface area contributed by atoms with Crippen molar-refractivity contribution in [1.29, 1.82) is 0 Å². The van der Waals surface area contributed by atoms with Crippen LogP contribution in [0.1, 0.15) is 31.9 Å². The molecule has 0 fully saturated rings. The molecule has 1 unspecified atom stereocenters. The molecule has 0 saturated heterocycles. The van der Waals surface area contributed by atoms with Crippen LogP contribution in [0.25, 0.3) is 0 Å². The lowest BCUT2D eigenvalue weighted by atomic mass is 9.79. The Morgan fingerprint density at radius 2 is 1.80 bits per heavy atom. The van der Waals surface area contributed by atoms with Crippen LogP contribution in [-0.2, 0) is 5.60 Å². The Kier molecular flexibility index (Phi) is 6.10. The van der Waals surface area contributed by atoms with Crippen molar-refractivity contribution in [1.82, 2.24) is 4.90 Å². The number of aliphatic hydroxyl groups is 1. The van der Waals surface area contributed by atoms with Gasteiger partial charge < -0.3 is 14.7 Å². The zero-order valence-electron chi connectivity index (χ0n) is 15.2. The molecule has 0 heterocycles. The molecular weight excluding hydrogens is 340 g/mol. The Bertz CT molecular complexity index is 623. The molecule has 0 bridgehead atoms. The Balaban J connectivity index is 3.61. The average Bonchev–Trinajstić information content (AvgIpc) is 2.49. The minimum absolute atomic E-state index is 0.289. The van der Waals surface area contributed by atoms with Gasteiger partial charge in [0, 0.05) is 25.2 Å². The Morgan fingerprint density at radius 3 is 2.20 bits per heavy atom. The topological polar surface area (TPSA) is 45.1 Å². The maximum atomic E-state index is 14.4. The van der Waals surface area contributed by atoms with Crippen molar-refractivity contribution in [3.8, 4) is 5.75 Å². The van der Waals surface area contributed by atoms with E-state index in [4.69, 9.17) is 4.74 Å². The number of aliphatic imine (C=N–C) groups is 1. The second-order valence-electron chi connectivity index (χ2n) is 6.34. The van der Waals surface area contributed by atoms with Crippen LogP contribution in [0, 0.1) is 6.92 Å². The molecule has 25 heavy (non-hydrogen) atoms. The molecule has 1 rings (SSSR count). The fourth-order valence-electron chi connectivity index (χ4n) is 2.32. The maximum absolute atomic E-state index is 14.4. The normalized spacial score (nSPS) is 15.3. The van der Waals surface area contributed by atoms with Gasteiger partial charge in [0.2, 0.25) is 5.60 Å². The standard InChI is InChI=1S/C17H24F4N2O2/c1-7-23(5)10-22-13-9-14(25-6)12(8-11(13)2)16(24,15(3,4)18)17(19,20)21/h8-10,24H,7H2,1-6H3/b22-10+. The number of rotatable bonds is 6. The molecule has 0 aliphatic rings. The average molecular weight is 364 g/mol. The van der Waals surface area contributed by atoms with Crippen LogP contribution < -0.4 is 4.74 Å². The lowest BCUT2D eigenvalue weighted by Gasteiger charge is -2.39. The van der Waals surface area contributed by atoms with E-state index in [0.717, 1.165) is 13.2 Å². The third-order valence-corrected chi connectivity index (χ3v) is 4.07. The van der Waals surface area contributed by atoms with Gasteiger partial charge in [0.15, 0.2) is 0 Å². The van der Waals surface area contributed by atoms with E-state index >= 15 is 0 Å². The maximum Gasteiger partial charge on any atom is 0.424 e. The molecule has 0 aliphatic heterocycles. The largest absolute Gasteiger partial charge is 0.496 e. The first-order valence-electron chi connectivity index (χ1n) is 7.71. The number of benzene rings is 1. The van der Waals surface area contributed by atoms with Gasteiger partial charge in [0.25, 0.3) is 0 Å². The molecule has 0 aliphatic carbocycles. The van der Waals surface area contributed by atoms with Crippen LogP contribution in [0.3, 0.4) is 0 Å². The van der Waals surface area contributed by atoms with Crippen molar-refractivity contribution in [2.24, 2.45) is 4.99 Å². The second-order valence-corrected chi connectivity index (χ2v) is 6.34. The van der Waals surface area contributed by atoms with Gasteiger partial charge in [-0.15, -0.1) is 0 Å². The molecule has 1 aromatic rings. The molecule has 8 heteroatoms. The number of methoxy groups -OCH3 is 1. The number of alkyl halides is 4.